The van der Waals surface area contributed by atoms with E-state index < -0.39 is 0 Å². The van der Waals surface area contributed by atoms with Crippen LogP contribution in [0.15, 0.2) is 0 Å². The van der Waals surface area contributed by atoms with Crippen molar-refractivity contribution in [1.82, 2.24) is 0 Å². The second-order valence-corrected chi connectivity index (χ2v) is 6.25. The average molecular weight is 238 g/mol. The van der Waals surface area contributed by atoms with Gasteiger partial charge in [0, 0.05) is 23.7 Å². The molecule has 0 aromatic rings. The zero-order valence-electron chi connectivity index (χ0n) is 11.8. The quantitative estimate of drug-likeness (QED) is 0.751. The molecule has 1 fully saturated rings. The van der Waals surface area contributed by atoms with Gasteiger partial charge in [-0.1, -0.05) is 34.6 Å². The first-order valence-electron chi connectivity index (χ1n) is 6.92. The van der Waals surface area contributed by atoms with Crippen LogP contribution in [0, 0.1) is 29.6 Å². The summed E-state index contributed by atoms with van der Waals surface area (Å²) in [5, 5.41) is 0. The molecule has 0 aliphatic heterocycles. The molecule has 0 aromatic heterocycles. The summed E-state index contributed by atoms with van der Waals surface area (Å²) < 4.78 is 0. The Morgan fingerprint density at radius 3 is 1.82 bits per heavy atom. The van der Waals surface area contributed by atoms with Gasteiger partial charge in [-0.25, -0.2) is 0 Å². The molecule has 0 bridgehead atoms. The summed E-state index contributed by atoms with van der Waals surface area (Å²) in [6, 6.07) is 0. The van der Waals surface area contributed by atoms with Crippen molar-refractivity contribution in [2.75, 3.05) is 0 Å². The van der Waals surface area contributed by atoms with Gasteiger partial charge < -0.3 is 0 Å². The van der Waals surface area contributed by atoms with Crippen molar-refractivity contribution in [2.24, 2.45) is 29.6 Å². The van der Waals surface area contributed by atoms with Crippen LogP contribution in [0.4, 0.5) is 0 Å². The van der Waals surface area contributed by atoms with Crippen LogP contribution in [0.5, 0.6) is 0 Å². The van der Waals surface area contributed by atoms with Crippen LogP contribution in [0.1, 0.15) is 53.9 Å². The highest BCUT2D eigenvalue weighted by Gasteiger charge is 2.38. The van der Waals surface area contributed by atoms with E-state index in [9.17, 15) is 9.59 Å². The lowest BCUT2D eigenvalue weighted by Gasteiger charge is -2.34. The number of Topliss-reactive ketones (excluding diaryl/α,β-unsaturated/α-hetero) is 2. The minimum absolute atomic E-state index is 0.0129. The van der Waals surface area contributed by atoms with Gasteiger partial charge in [-0.3, -0.25) is 9.59 Å². The van der Waals surface area contributed by atoms with Gasteiger partial charge in [0.2, 0.25) is 0 Å². The molecule has 1 aliphatic carbocycles. The van der Waals surface area contributed by atoms with Crippen molar-refractivity contribution < 1.29 is 9.59 Å². The molecule has 1 saturated carbocycles. The molecule has 0 saturated heterocycles. The molecule has 0 N–H and O–H groups in total. The fourth-order valence-electron chi connectivity index (χ4n) is 2.89. The second-order valence-electron chi connectivity index (χ2n) is 6.25. The van der Waals surface area contributed by atoms with E-state index in [0.717, 1.165) is 19.3 Å². The Balaban J connectivity index is 2.85. The van der Waals surface area contributed by atoms with Gasteiger partial charge in [0.1, 0.15) is 11.6 Å². The van der Waals surface area contributed by atoms with Crippen LogP contribution in [0.3, 0.4) is 0 Å². The number of carbonyl (C=O) groups excluding carboxylic acids is 2. The van der Waals surface area contributed by atoms with Gasteiger partial charge in [0.25, 0.3) is 0 Å². The second kappa shape index (κ2) is 5.79. The molecule has 2 heteroatoms. The van der Waals surface area contributed by atoms with Gasteiger partial charge >= 0.3 is 0 Å². The van der Waals surface area contributed by atoms with Crippen molar-refractivity contribution in [3.63, 3.8) is 0 Å². The normalized spacial score (nSPS) is 29.7. The first kappa shape index (κ1) is 14.4. The first-order valence-corrected chi connectivity index (χ1v) is 6.92. The van der Waals surface area contributed by atoms with Crippen molar-refractivity contribution in [3.05, 3.63) is 0 Å². The van der Waals surface area contributed by atoms with Gasteiger partial charge in [-0.05, 0) is 25.2 Å². The Bertz CT molecular complexity index is 291. The van der Waals surface area contributed by atoms with E-state index in [2.05, 4.69) is 6.92 Å². The highest BCUT2D eigenvalue weighted by atomic mass is 16.1. The summed E-state index contributed by atoms with van der Waals surface area (Å²) in [7, 11) is 0. The zero-order chi connectivity index (χ0) is 13.2. The molecule has 1 rings (SSSR count). The lowest BCUT2D eigenvalue weighted by molar-refractivity contribution is -0.138. The SMILES string of the molecule is CC1CCC(C(=O)C(C)C)C(C(=O)C(C)C)C1. The van der Waals surface area contributed by atoms with Crippen LogP contribution >= 0.6 is 0 Å². The minimum atomic E-state index is -0.0198. The molecule has 17 heavy (non-hydrogen) atoms. The number of ketones is 2. The van der Waals surface area contributed by atoms with E-state index >= 15 is 0 Å². The Labute approximate surface area is 105 Å². The maximum absolute atomic E-state index is 12.2. The molecule has 0 aromatic carbocycles. The van der Waals surface area contributed by atoms with Crippen molar-refractivity contribution in [2.45, 2.75) is 53.9 Å². The van der Waals surface area contributed by atoms with Crippen molar-refractivity contribution >= 4 is 11.6 Å². The Morgan fingerprint density at radius 1 is 0.882 bits per heavy atom. The third kappa shape index (κ3) is 3.40. The summed E-state index contributed by atoms with van der Waals surface area (Å²) in [6.07, 6.45) is 2.90. The first-order chi connectivity index (χ1) is 7.84. The molecule has 2 nitrogen and oxygen atoms in total. The van der Waals surface area contributed by atoms with Crippen molar-refractivity contribution in [1.29, 1.82) is 0 Å². The van der Waals surface area contributed by atoms with Crippen LogP contribution in [0.2, 0.25) is 0 Å². The molecule has 0 spiro atoms. The standard InChI is InChI=1S/C15H26O2/c1-9(2)14(16)12-7-6-11(5)8-13(12)15(17)10(3)4/h9-13H,6-8H2,1-5H3. The van der Waals surface area contributed by atoms with Crippen LogP contribution in [0.25, 0.3) is 0 Å². The lowest BCUT2D eigenvalue weighted by Crippen LogP contribution is -2.38. The minimum Gasteiger partial charge on any atom is -0.299 e. The number of hydrogen-bond donors (Lipinski definition) is 0. The molecule has 0 heterocycles. The highest BCUT2D eigenvalue weighted by molar-refractivity contribution is 5.91. The molecular weight excluding hydrogens is 212 g/mol. The summed E-state index contributed by atoms with van der Waals surface area (Å²) in [6.45, 7) is 9.96. The zero-order valence-corrected chi connectivity index (χ0v) is 11.8. The van der Waals surface area contributed by atoms with E-state index in [0.29, 0.717) is 5.92 Å². The topological polar surface area (TPSA) is 34.1 Å². The monoisotopic (exact) mass is 238 g/mol. The van der Waals surface area contributed by atoms with Gasteiger partial charge in [-0.15, -0.1) is 0 Å². The Kier molecular flexibility index (Phi) is 4.91. The molecular formula is C15H26O2. The van der Waals surface area contributed by atoms with Crippen LogP contribution in [-0.2, 0) is 9.59 Å². The fraction of sp³-hybridized carbons (Fsp3) is 0.867. The van der Waals surface area contributed by atoms with Gasteiger partial charge in [-0.2, -0.15) is 0 Å². The van der Waals surface area contributed by atoms with E-state index in [1.807, 2.05) is 27.7 Å². The average Bonchev–Trinajstić information content (AvgIpc) is 2.26. The van der Waals surface area contributed by atoms with Gasteiger partial charge in [0.05, 0.1) is 0 Å². The predicted octanol–water partition coefficient (Wildman–Crippen LogP) is 3.49. The largest absolute Gasteiger partial charge is 0.299 e. The molecule has 3 atom stereocenters. The van der Waals surface area contributed by atoms with E-state index in [4.69, 9.17) is 0 Å². The number of hydrogen-bond acceptors (Lipinski definition) is 2. The Hall–Kier alpha value is -0.660. The highest BCUT2D eigenvalue weighted by Crippen LogP contribution is 2.37. The number of carbonyl (C=O) groups is 2. The van der Waals surface area contributed by atoms with Crippen LogP contribution in [-0.4, -0.2) is 11.6 Å². The smallest absolute Gasteiger partial charge is 0.139 e. The summed E-state index contributed by atoms with van der Waals surface area (Å²) in [5.74, 6) is 1.23. The third-order valence-electron chi connectivity index (χ3n) is 3.98. The molecule has 98 valence electrons. The summed E-state index contributed by atoms with van der Waals surface area (Å²) >= 11 is 0. The van der Waals surface area contributed by atoms with Crippen molar-refractivity contribution in [3.8, 4) is 0 Å². The van der Waals surface area contributed by atoms with Crippen LogP contribution < -0.4 is 0 Å². The number of rotatable bonds is 4. The molecule has 1 aliphatic rings. The molecule has 3 unspecified atom stereocenters. The van der Waals surface area contributed by atoms with Gasteiger partial charge in [0.15, 0.2) is 0 Å². The van der Waals surface area contributed by atoms with E-state index in [-0.39, 0.29) is 35.2 Å². The Morgan fingerprint density at radius 2 is 1.35 bits per heavy atom. The van der Waals surface area contributed by atoms with E-state index in [1.54, 1.807) is 0 Å². The molecule has 0 radical (unpaired) electrons. The van der Waals surface area contributed by atoms with E-state index in [1.165, 1.54) is 0 Å². The lowest BCUT2D eigenvalue weighted by atomic mass is 9.68. The summed E-state index contributed by atoms with van der Waals surface area (Å²) in [4.78, 5) is 24.4. The predicted molar refractivity (Wildman–Crippen MR) is 69.7 cm³/mol. The summed E-state index contributed by atoms with van der Waals surface area (Å²) in [5.41, 5.74) is 0. The molecule has 0 amide bonds. The maximum Gasteiger partial charge on any atom is 0.139 e. The fourth-order valence-corrected chi connectivity index (χ4v) is 2.89. The third-order valence-corrected chi connectivity index (χ3v) is 3.98. The maximum atomic E-state index is 12.2.